The molecule has 8 nitrogen and oxygen atoms in total. The van der Waals surface area contributed by atoms with E-state index in [0.29, 0.717) is 23.9 Å². The van der Waals surface area contributed by atoms with Gasteiger partial charge < -0.3 is 19.8 Å². The van der Waals surface area contributed by atoms with E-state index >= 15 is 0 Å². The van der Waals surface area contributed by atoms with Crippen LogP contribution in [0.1, 0.15) is 373 Å². The van der Waals surface area contributed by atoms with E-state index < -0.39 is 20.0 Å². The third kappa shape index (κ3) is 66.2. The number of hydrogen-bond donors (Lipinski definition) is 3. The van der Waals surface area contributed by atoms with E-state index in [2.05, 4.69) is 55.6 Å². The first-order valence-electron chi connectivity index (χ1n) is 36.4. The van der Waals surface area contributed by atoms with E-state index in [0.717, 1.165) is 51.4 Å². The molecule has 0 aliphatic carbocycles. The average Bonchev–Trinajstić information content (AvgIpc) is 3.45. The Morgan fingerprint density at radius 2 is 0.695 bits per heavy atom. The molecule has 0 bridgehead atoms. The first-order chi connectivity index (χ1) is 40.0. The molecule has 1 amide bonds. The Morgan fingerprint density at radius 3 is 1.01 bits per heavy atom. The van der Waals surface area contributed by atoms with Gasteiger partial charge in [-0.05, 0) is 51.4 Å². The molecule has 0 saturated carbocycles. The highest BCUT2D eigenvalue weighted by molar-refractivity contribution is 7.47. The minimum Gasteiger partial charge on any atom is -0.391 e. The van der Waals surface area contributed by atoms with Crippen LogP contribution in [0.4, 0.5) is 0 Å². The fourth-order valence-electron chi connectivity index (χ4n) is 11.2. The van der Waals surface area contributed by atoms with E-state index in [1.54, 1.807) is 0 Å². The Hall–Kier alpha value is -1.28. The number of aliphatic hydroxyl groups is 1. The van der Waals surface area contributed by atoms with Gasteiger partial charge in [-0.25, -0.2) is 4.57 Å². The molecule has 0 aromatic heterocycles. The zero-order valence-electron chi connectivity index (χ0n) is 55.8. The summed E-state index contributed by atoms with van der Waals surface area (Å²) in [4.78, 5) is 23.5. The highest BCUT2D eigenvalue weighted by atomic mass is 31.2. The lowest BCUT2D eigenvalue weighted by Crippen LogP contribution is -2.46. The van der Waals surface area contributed by atoms with Crippen molar-refractivity contribution in [2.24, 2.45) is 0 Å². The van der Waals surface area contributed by atoms with Crippen LogP contribution in [0.3, 0.4) is 0 Å². The number of phosphoric ester groups is 1. The normalized spacial score (nSPS) is 13.8. The van der Waals surface area contributed by atoms with Crippen LogP contribution in [-0.4, -0.2) is 73.4 Å². The first kappa shape index (κ1) is 80.7. The fourth-order valence-corrected chi connectivity index (χ4v) is 12.0. The van der Waals surface area contributed by atoms with Gasteiger partial charge in [-0.1, -0.05) is 352 Å². The Labute approximate surface area is 512 Å². The van der Waals surface area contributed by atoms with Gasteiger partial charge in [0, 0.05) is 6.42 Å². The Kier molecular flexibility index (Phi) is 63.2. The van der Waals surface area contributed by atoms with Crippen LogP contribution in [0.25, 0.3) is 0 Å². The number of unbranched alkanes of at least 4 members (excludes halogenated alkanes) is 49. The molecule has 0 rings (SSSR count). The lowest BCUT2D eigenvalue weighted by molar-refractivity contribution is -0.870. The summed E-state index contributed by atoms with van der Waals surface area (Å²) in [6.45, 7) is 4.93. The Balaban J connectivity index is 3.99. The fraction of sp³-hybridized carbons (Fsp3) is 0.904. The summed E-state index contributed by atoms with van der Waals surface area (Å²) in [5.41, 5.74) is 0. The zero-order valence-corrected chi connectivity index (χ0v) is 56.7. The van der Waals surface area contributed by atoms with Gasteiger partial charge in [0.25, 0.3) is 0 Å². The summed E-state index contributed by atoms with van der Waals surface area (Å²) < 4.78 is 23.9. The number of amides is 1. The maximum absolute atomic E-state index is 13.1. The van der Waals surface area contributed by atoms with Crippen molar-refractivity contribution in [1.29, 1.82) is 0 Å². The predicted octanol–water partition coefficient (Wildman–Crippen LogP) is 23.2. The highest BCUT2D eigenvalue weighted by Crippen LogP contribution is 2.43. The molecule has 3 unspecified atom stereocenters. The van der Waals surface area contributed by atoms with Crippen molar-refractivity contribution >= 4 is 13.7 Å². The SMILES string of the molecule is CCCCCCC/C=C\C/C=C\C/C=C\CCCCCCCCCCCCCCC(=O)NC(COP(=O)(O)OCC[N+](C)(C)C)C(O)CCCCCCCCCCCCCCCCCCCCCCCCCCCCCCCCCCC. The largest absolute Gasteiger partial charge is 0.472 e. The Morgan fingerprint density at radius 1 is 0.415 bits per heavy atom. The quantitative estimate of drug-likeness (QED) is 0.0243. The standard InChI is InChI=1S/C73H143N2O6P/c1-6-8-10-12-14-16-18-20-22-24-26-28-30-32-34-35-36-37-38-39-41-42-44-46-48-50-52-54-56-58-60-62-64-66-72(76)71(70-81-82(78,79)80-69-68-75(3,4)5)74-73(77)67-65-63-61-59-57-55-53-51-49-47-45-43-40-33-31-29-27-25-23-21-19-17-15-13-11-9-7-2/h19,21,25,27,31,33,71-72,76H,6-18,20,22-24,26,28-30,32,34-70H2,1-5H3,(H-,74,77,78,79)/p+1/b21-19-,27-25-,33-31-. The zero-order chi connectivity index (χ0) is 59.8. The van der Waals surface area contributed by atoms with Crippen LogP contribution in [-0.2, 0) is 18.4 Å². The van der Waals surface area contributed by atoms with Crippen LogP contribution in [0.5, 0.6) is 0 Å². The number of phosphoric acid groups is 1. The van der Waals surface area contributed by atoms with Gasteiger partial charge in [-0.3, -0.25) is 13.8 Å². The van der Waals surface area contributed by atoms with E-state index in [1.807, 2.05) is 21.1 Å². The number of allylic oxidation sites excluding steroid dienone is 6. The molecule has 0 fully saturated rings. The van der Waals surface area contributed by atoms with E-state index in [1.165, 1.54) is 295 Å². The molecule has 0 radical (unpaired) electrons. The molecule has 0 aromatic carbocycles. The van der Waals surface area contributed by atoms with Crippen LogP contribution in [0.2, 0.25) is 0 Å². The van der Waals surface area contributed by atoms with Gasteiger partial charge >= 0.3 is 7.82 Å². The van der Waals surface area contributed by atoms with Gasteiger partial charge in [0.1, 0.15) is 13.2 Å². The number of aliphatic hydroxyl groups excluding tert-OH is 1. The summed E-state index contributed by atoms with van der Waals surface area (Å²) in [7, 11) is 1.63. The first-order valence-corrected chi connectivity index (χ1v) is 37.8. The predicted molar refractivity (Wildman–Crippen MR) is 360 cm³/mol. The summed E-state index contributed by atoms with van der Waals surface area (Å²) in [6, 6.07) is -0.764. The van der Waals surface area contributed by atoms with Crippen molar-refractivity contribution in [2.45, 2.75) is 386 Å². The molecule has 0 aliphatic rings. The van der Waals surface area contributed by atoms with Crippen molar-refractivity contribution in [3.8, 4) is 0 Å². The number of nitrogens with zero attached hydrogens (tertiary/aromatic N) is 1. The molecule has 0 spiro atoms. The van der Waals surface area contributed by atoms with Gasteiger partial charge in [-0.15, -0.1) is 0 Å². The Bertz CT molecular complexity index is 1430. The molecule has 3 N–H and O–H groups in total. The lowest BCUT2D eigenvalue weighted by atomic mass is 10.0. The molecule has 0 aromatic rings. The van der Waals surface area contributed by atoms with Crippen molar-refractivity contribution < 1.29 is 32.9 Å². The molecular weight excluding hydrogens is 1030 g/mol. The molecule has 486 valence electrons. The van der Waals surface area contributed by atoms with Crippen molar-refractivity contribution in [1.82, 2.24) is 5.32 Å². The second kappa shape index (κ2) is 64.2. The minimum absolute atomic E-state index is 0.0752. The minimum atomic E-state index is -4.33. The van der Waals surface area contributed by atoms with Crippen molar-refractivity contribution in [2.75, 3.05) is 40.9 Å². The second-order valence-electron chi connectivity index (χ2n) is 26.3. The lowest BCUT2D eigenvalue weighted by Gasteiger charge is -2.26. The van der Waals surface area contributed by atoms with Crippen LogP contribution in [0.15, 0.2) is 36.5 Å². The maximum atomic E-state index is 13.1. The van der Waals surface area contributed by atoms with Gasteiger partial charge in [0.15, 0.2) is 0 Å². The molecule has 0 heterocycles. The van der Waals surface area contributed by atoms with Crippen LogP contribution >= 0.6 is 7.82 Å². The molecule has 0 saturated heterocycles. The van der Waals surface area contributed by atoms with E-state index in [-0.39, 0.29) is 19.1 Å². The summed E-state index contributed by atoms with van der Waals surface area (Å²) in [5.74, 6) is -0.141. The van der Waals surface area contributed by atoms with E-state index in [4.69, 9.17) is 9.05 Å². The summed E-state index contributed by atoms with van der Waals surface area (Å²) >= 11 is 0. The van der Waals surface area contributed by atoms with Gasteiger partial charge in [-0.2, -0.15) is 0 Å². The number of carbonyl (C=O) groups is 1. The molecule has 82 heavy (non-hydrogen) atoms. The topological polar surface area (TPSA) is 105 Å². The number of carbonyl (C=O) groups excluding carboxylic acids is 1. The molecule has 0 aliphatic heterocycles. The average molecular weight is 1180 g/mol. The number of hydrogen-bond acceptors (Lipinski definition) is 5. The van der Waals surface area contributed by atoms with Crippen molar-refractivity contribution in [3.63, 3.8) is 0 Å². The van der Waals surface area contributed by atoms with E-state index in [9.17, 15) is 19.4 Å². The van der Waals surface area contributed by atoms with Crippen molar-refractivity contribution in [3.05, 3.63) is 36.5 Å². The number of rotatable bonds is 68. The smallest absolute Gasteiger partial charge is 0.391 e. The van der Waals surface area contributed by atoms with Gasteiger partial charge in [0.2, 0.25) is 5.91 Å². The third-order valence-corrected chi connectivity index (χ3v) is 17.9. The summed E-state index contributed by atoms with van der Waals surface area (Å²) in [6.07, 6.45) is 85.4. The molecule has 9 heteroatoms. The molecule has 3 atom stereocenters. The van der Waals surface area contributed by atoms with Crippen LogP contribution < -0.4 is 5.32 Å². The number of nitrogens with one attached hydrogen (secondary N) is 1. The number of likely N-dealkylation sites (N-methyl/N-ethyl adjacent to an activating group) is 1. The maximum Gasteiger partial charge on any atom is 0.472 e. The second-order valence-corrected chi connectivity index (χ2v) is 27.8. The third-order valence-electron chi connectivity index (χ3n) is 16.9. The summed E-state index contributed by atoms with van der Waals surface area (Å²) in [5, 5.41) is 14.2. The number of quaternary nitrogens is 1. The highest BCUT2D eigenvalue weighted by Gasteiger charge is 2.28. The molecular formula is C73H144N2O6P+. The monoisotopic (exact) mass is 1180 g/mol. The van der Waals surface area contributed by atoms with Crippen LogP contribution in [0, 0.1) is 0 Å². The van der Waals surface area contributed by atoms with Gasteiger partial charge in [0.05, 0.1) is 39.9 Å².